The van der Waals surface area contributed by atoms with Gasteiger partial charge < -0.3 is 5.73 Å². The van der Waals surface area contributed by atoms with Crippen LogP contribution in [0.1, 0.15) is 18.4 Å². The Morgan fingerprint density at radius 3 is 2.81 bits per heavy atom. The van der Waals surface area contributed by atoms with Crippen molar-refractivity contribution >= 4 is 29.0 Å². The molecule has 0 aliphatic rings. The zero-order chi connectivity index (χ0) is 11.5. The van der Waals surface area contributed by atoms with Gasteiger partial charge in [0.05, 0.1) is 11.4 Å². The summed E-state index contributed by atoms with van der Waals surface area (Å²) >= 11 is 2.93. The molecule has 0 atom stereocenters. The molecule has 0 radical (unpaired) electrons. The zero-order valence-electron chi connectivity index (χ0n) is 9.10. The minimum absolute atomic E-state index is 0.718. The smallest absolute Gasteiger partial charge is 0.176 e. The van der Waals surface area contributed by atoms with Crippen molar-refractivity contribution in [3.05, 3.63) is 23.7 Å². The molecule has 16 heavy (non-hydrogen) atoms. The van der Waals surface area contributed by atoms with Crippen LogP contribution in [-0.4, -0.2) is 14.3 Å². The fourth-order valence-corrected chi connectivity index (χ4v) is 2.78. The predicted octanol–water partition coefficient (Wildman–Crippen LogP) is 2.54. The van der Waals surface area contributed by atoms with Crippen LogP contribution in [0.4, 0.5) is 5.69 Å². The number of hydrogen-bond donors (Lipinski definition) is 1. The second-order valence-electron chi connectivity index (χ2n) is 3.26. The highest BCUT2D eigenvalue weighted by Crippen LogP contribution is 2.28. The third-order valence-electron chi connectivity index (χ3n) is 2.06. The summed E-state index contributed by atoms with van der Waals surface area (Å²) in [6.45, 7) is 3.94. The van der Waals surface area contributed by atoms with E-state index in [2.05, 4.69) is 14.3 Å². The molecule has 2 N–H and O–H groups in total. The van der Waals surface area contributed by atoms with Crippen LogP contribution in [0.3, 0.4) is 0 Å². The van der Waals surface area contributed by atoms with Crippen molar-refractivity contribution in [3.63, 3.8) is 0 Å². The van der Waals surface area contributed by atoms with Crippen molar-refractivity contribution in [2.45, 2.75) is 29.6 Å². The van der Waals surface area contributed by atoms with Crippen LogP contribution in [0, 0.1) is 6.92 Å². The average Bonchev–Trinajstić information content (AvgIpc) is 2.71. The molecule has 0 unspecified atom stereocenters. The van der Waals surface area contributed by atoms with Crippen LogP contribution in [-0.2, 0) is 6.42 Å². The van der Waals surface area contributed by atoms with Crippen LogP contribution in [0.25, 0.3) is 0 Å². The lowest BCUT2D eigenvalue weighted by atomic mass is 10.3. The summed E-state index contributed by atoms with van der Waals surface area (Å²) in [4.78, 5) is 8.76. The van der Waals surface area contributed by atoms with E-state index in [1.807, 2.05) is 26.0 Å². The number of anilines is 1. The fourth-order valence-electron chi connectivity index (χ4n) is 1.12. The van der Waals surface area contributed by atoms with E-state index in [0.717, 1.165) is 33.0 Å². The fraction of sp³-hybridized carbons (Fsp3) is 0.300. The molecule has 0 aromatic carbocycles. The minimum atomic E-state index is 0.718. The first-order chi connectivity index (χ1) is 7.69. The molecular weight excluding hydrogens is 240 g/mol. The number of nitrogens with zero attached hydrogens (tertiary/aromatic N) is 3. The lowest BCUT2D eigenvalue weighted by Crippen LogP contribution is -1.93. The van der Waals surface area contributed by atoms with Crippen LogP contribution in [0.2, 0.25) is 0 Å². The molecule has 0 fully saturated rings. The summed E-state index contributed by atoms with van der Waals surface area (Å²) in [6.07, 6.45) is 0.866. The number of nitrogen functional groups attached to an aromatic ring is 1. The standard InChI is InChI=1S/C10H12N4S2/c1-3-8-13-10(16-14-8)15-9-5-4-7(11)6(2)12-9/h4-5H,3,11H2,1-2H3. The highest BCUT2D eigenvalue weighted by molar-refractivity contribution is 8.00. The van der Waals surface area contributed by atoms with Gasteiger partial charge in [0.25, 0.3) is 0 Å². The topological polar surface area (TPSA) is 64.7 Å². The minimum Gasteiger partial charge on any atom is -0.397 e. The van der Waals surface area contributed by atoms with E-state index in [9.17, 15) is 0 Å². The highest BCUT2D eigenvalue weighted by Gasteiger charge is 2.06. The van der Waals surface area contributed by atoms with Crippen LogP contribution in [0.15, 0.2) is 21.5 Å². The maximum Gasteiger partial charge on any atom is 0.176 e. The molecule has 2 rings (SSSR count). The Balaban J connectivity index is 2.17. The van der Waals surface area contributed by atoms with Crippen LogP contribution in [0.5, 0.6) is 0 Å². The van der Waals surface area contributed by atoms with E-state index >= 15 is 0 Å². The van der Waals surface area contributed by atoms with E-state index in [-0.39, 0.29) is 0 Å². The molecule has 6 heteroatoms. The van der Waals surface area contributed by atoms with Crippen molar-refractivity contribution < 1.29 is 0 Å². The van der Waals surface area contributed by atoms with Gasteiger partial charge >= 0.3 is 0 Å². The van der Waals surface area contributed by atoms with Gasteiger partial charge in [-0.15, -0.1) is 0 Å². The van der Waals surface area contributed by atoms with E-state index in [1.54, 1.807) is 0 Å². The number of pyridine rings is 1. The maximum absolute atomic E-state index is 5.71. The van der Waals surface area contributed by atoms with E-state index in [4.69, 9.17) is 5.73 Å². The highest BCUT2D eigenvalue weighted by atomic mass is 32.2. The third-order valence-corrected chi connectivity index (χ3v) is 3.78. The van der Waals surface area contributed by atoms with Gasteiger partial charge in [0.15, 0.2) is 4.34 Å². The average molecular weight is 252 g/mol. The summed E-state index contributed by atoms with van der Waals surface area (Å²) in [5, 5.41) is 0.908. The van der Waals surface area contributed by atoms with Crippen molar-refractivity contribution in [1.29, 1.82) is 0 Å². The van der Waals surface area contributed by atoms with Crippen molar-refractivity contribution in [1.82, 2.24) is 14.3 Å². The summed E-state index contributed by atoms with van der Waals surface area (Å²) < 4.78 is 5.15. The molecule has 4 nitrogen and oxygen atoms in total. The first kappa shape index (κ1) is 11.3. The monoisotopic (exact) mass is 252 g/mol. The molecule has 0 saturated heterocycles. The van der Waals surface area contributed by atoms with Crippen molar-refractivity contribution in [3.8, 4) is 0 Å². The van der Waals surface area contributed by atoms with Crippen molar-refractivity contribution in [2.75, 3.05) is 5.73 Å². The second-order valence-corrected chi connectivity index (χ2v) is 5.28. The molecule has 0 amide bonds. The van der Waals surface area contributed by atoms with Gasteiger partial charge in [-0.1, -0.05) is 6.92 Å². The van der Waals surface area contributed by atoms with Gasteiger partial charge in [-0.3, -0.25) is 0 Å². The summed E-state index contributed by atoms with van der Waals surface area (Å²) in [5.74, 6) is 0.889. The second kappa shape index (κ2) is 4.80. The van der Waals surface area contributed by atoms with Gasteiger partial charge in [-0.05, 0) is 42.4 Å². The van der Waals surface area contributed by atoms with Gasteiger partial charge in [0.1, 0.15) is 10.9 Å². The quantitative estimate of drug-likeness (QED) is 0.909. The lowest BCUT2D eigenvalue weighted by Gasteiger charge is -2.01. The van der Waals surface area contributed by atoms with Crippen LogP contribution < -0.4 is 5.73 Å². The molecule has 0 saturated carbocycles. The molecule has 0 aliphatic heterocycles. The Kier molecular flexibility index (Phi) is 3.40. The SMILES string of the molecule is CCc1nsc(Sc2ccc(N)c(C)n2)n1. The number of hydrogen-bond acceptors (Lipinski definition) is 6. The van der Waals surface area contributed by atoms with Crippen LogP contribution >= 0.6 is 23.3 Å². The zero-order valence-corrected chi connectivity index (χ0v) is 10.7. The van der Waals surface area contributed by atoms with Crippen molar-refractivity contribution in [2.24, 2.45) is 0 Å². The molecule has 2 aromatic heterocycles. The molecular formula is C10H12N4S2. The Bertz CT molecular complexity index is 495. The molecule has 2 aromatic rings. The molecule has 0 spiro atoms. The van der Waals surface area contributed by atoms with Gasteiger partial charge in [-0.2, -0.15) is 4.37 Å². The summed E-state index contributed by atoms with van der Waals surface area (Å²) in [5.41, 5.74) is 7.28. The number of nitrogens with two attached hydrogens (primary N) is 1. The number of aryl methyl sites for hydroxylation is 2. The number of rotatable bonds is 3. The Hall–Kier alpha value is -1.14. The first-order valence-electron chi connectivity index (χ1n) is 4.92. The largest absolute Gasteiger partial charge is 0.397 e. The van der Waals surface area contributed by atoms with Gasteiger partial charge in [0, 0.05) is 6.42 Å². The van der Waals surface area contributed by atoms with E-state index in [1.165, 1.54) is 23.3 Å². The van der Waals surface area contributed by atoms with Gasteiger partial charge in [0.2, 0.25) is 0 Å². The lowest BCUT2D eigenvalue weighted by molar-refractivity contribution is 0.969. The first-order valence-corrected chi connectivity index (χ1v) is 6.51. The van der Waals surface area contributed by atoms with E-state index < -0.39 is 0 Å². The molecule has 2 heterocycles. The Morgan fingerprint density at radius 1 is 1.38 bits per heavy atom. The Labute approximate surface area is 102 Å². The third kappa shape index (κ3) is 2.51. The Morgan fingerprint density at radius 2 is 2.19 bits per heavy atom. The number of aromatic nitrogens is 3. The predicted molar refractivity (Wildman–Crippen MR) is 66.8 cm³/mol. The molecule has 0 aliphatic carbocycles. The summed E-state index contributed by atoms with van der Waals surface area (Å²) in [7, 11) is 0. The normalized spacial score (nSPS) is 10.6. The summed E-state index contributed by atoms with van der Waals surface area (Å²) in [6, 6.07) is 3.77. The van der Waals surface area contributed by atoms with Gasteiger partial charge in [-0.25, -0.2) is 9.97 Å². The maximum atomic E-state index is 5.71. The molecule has 84 valence electrons. The molecule has 0 bridgehead atoms. The van der Waals surface area contributed by atoms with E-state index in [0.29, 0.717) is 0 Å².